The van der Waals surface area contributed by atoms with Gasteiger partial charge in [0.2, 0.25) is 0 Å². The molecule has 0 unspecified atom stereocenters. The molecule has 4 nitrogen and oxygen atoms in total. The molecule has 0 fully saturated rings. The van der Waals surface area contributed by atoms with Crippen LogP contribution in [0, 0.1) is 0 Å². The molecule has 0 radical (unpaired) electrons. The summed E-state index contributed by atoms with van der Waals surface area (Å²) in [5.74, 6) is 1.09. The molecule has 2 aromatic rings. The van der Waals surface area contributed by atoms with Gasteiger partial charge in [-0.2, -0.15) is 13.2 Å². The lowest BCUT2D eigenvalue weighted by atomic mass is 10.3. The summed E-state index contributed by atoms with van der Waals surface area (Å²) >= 11 is 0. The van der Waals surface area contributed by atoms with E-state index in [1.807, 2.05) is 17.7 Å². The van der Waals surface area contributed by atoms with E-state index >= 15 is 0 Å². The molecule has 0 atom stereocenters. The van der Waals surface area contributed by atoms with Crippen molar-refractivity contribution in [1.29, 1.82) is 0 Å². The Hall–Kier alpha value is -2.18. The predicted molar refractivity (Wildman–Crippen MR) is 73.2 cm³/mol. The van der Waals surface area contributed by atoms with E-state index in [9.17, 15) is 13.2 Å². The van der Waals surface area contributed by atoms with Gasteiger partial charge in [0.15, 0.2) is 6.61 Å². The number of nitrogens with zero attached hydrogens (tertiary/aromatic N) is 2. The molecule has 1 heterocycles. The van der Waals surface area contributed by atoms with Gasteiger partial charge in [-0.05, 0) is 31.2 Å². The number of imidazole rings is 1. The van der Waals surface area contributed by atoms with Crippen LogP contribution in [-0.2, 0) is 13.1 Å². The van der Waals surface area contributed by atoms with E-state index in [-0.39, 0.29) is 5.75 Å². The third-order valence-corrected chi connectivity index (χ3v) is 2.85. The number of nitrogens with one attached hydrogen (secondary N) is 1. The van der Waals surface area contributed by atoms with E-state index in [2.05, 4.69) is 15.0 Å². The Morgan fingerprint density at radius 3 is 2.57 bits per heavy atom. The second-order valence-corrected chi connectivity index (χ2v) is 4.41. The third kappa shape index (κ3) is 4.70. The zero-order chi connectivity index (χ0) is 15.3. The highest BCUT2D eigenvalue weighted by molar-refractivity contribution is 5.46. The summed E-state index contributed by atoms with van der Waals surface area (Å²) in [6.07, 6.45) is -0.701. The SMILES string of the molecule is CCn1ccnc1CNc1ccc(OCC(F)(F)F)cc1. The maximum absolute atomic E-state index is 12.0. The molecule has 0 aliphatic rings. The maximum Gasteiger partial charge on any atom is 0.422 e. The first-order valence-electron chi connectivity index (χ1n) is 6.51. The number of hydrogen-bond acceptors (Lipinski definition) is 3. The van der Waals surface area contributed by atoms with Crippen molar-refractivity contribution in [3.63, 3.8) is 0 Å². The largest absolute Gasteiger partial charge is 0.484 e. The zero-order valence-corrected chi connectivity index (χ0v) is 11.5. The van der Waals surface area contributed by atoms with Gasteiger partial charge in [0.1, 0.15) is 11.6 Å². The van der Waals surface area contributed by atoms with Gasteiger partial charge in [-0.15, -0.1) is 0 Å². The fourth-order valence-electron chi connectivity index (χ4n) is 1.81. The summed E-state index contributed by atoms with van der Waals surface area (Å²) in [7, 11) is 0. The highest BCUT2D eigenvalue weighted by atomic mass is 19.4. The van der Waals surface area contributed by atoms with Crippen molar-refractivity contribution in [1.82, 2.24) is 9.55 Å². The van der Waals surface area contributed by atoms with Crippen molar-refractivity contribution < 1.29 is 17.9 Å². The van der Waals surface area contributed by atoms with Gasteiger partial charge in [0.05, 0.1) is 6.54 Å². The Morgan fingerprint density at radius 1 is 1.24 bits per heavy atom. The minimum absolute atomic E-state index is 0.188. The quantitative estimate of drug-likeness (QED) is 0.888. The minimum Gasteiger partial charge on any atom is -0.484 e. The highest BCUT2D eigenvalue weighted by Gasteiger charge is 2.28. The molecular weight excluding hydrogens is 283 g/mol. The van der Waals surface area contributed by atoms with Crippen LogP contribution < -0.4 is 10.1 Å². The summed E-state index contributed by atoms with van der Waals surface area (Å²) in [6.45, 7) is 2.12. The van der Waals surface area contributed by atoms with Gasteiger partial charge in [0, 0.05) is 24.6 Å². The molecule has 0 bridgehead atoms. The van der Waals surface area contributed by atoms with Crippen LogP contribution in [0.2, 0.25) is 0 Å². The van der Waals surface area contributed by atoms with Crippen molar-refractivity contribution in [2.45, 2.75) is 26.2 Å². The number of halogens is 3. The molecule has 1 aromatic carbocycles. The van der Waals surface area contributed by atoms with Crippen LogP contribution in [0.4, 0.5) is 18.9 Å². The van der Waals surface area contributed by atoms with E-state index in [0.29, 0.717) is 6.54 Å². The van der Waals surface area contributed by atoms with E-state index < -0.39 is 12.8 Å². The average molecular weight is 299 g/mol. The van der Waals surface area contributed by atoms with Crippen LogP contribution in [0.3, 0.4) is 0 Å². The first kappa shape index (κ1) is 15.2. The molecular formula is C14H16F3N3O. The average Bonchev–Trinajstić information content (AvgIpc) is 2.90. The Morgan fingerprint density at radius 2 is 1.95 bits per heavy atom. The Balaban J connectivity index is 1.88. The standard InChI is InChI=1S/C14H16F3N3O/c1-2-20-8-7-18-13(20)9-19-11-3-5-12(6-4-11)21-10-14(15,16)17/h3-8,19H,2,9-10H2,1H3. The van der Waals surface area contributed by atoms with E-state index in [4.69, 9.17) is 0 Å². The normalized spacial score (nSPS) is 11.4. The number of benzene rings is 1. The third-order valence-electron chi connectivity index (χ3n) is 2.85. The van der Waals surface area contributed by atoms with Gasteiger partial charge >= 0.3 is 6.18 Å². The highest BCUT2D eigenvalue weighted by Crippen LogP contribution is 2.20. The van der Waals surface area contributed by atoms with Crippen molar-refractivity contribution in [2.75, 3.05) is 11.9 Å². The van der Waals surface area contributed by atoms with Crippen molar-refractivity contribution in [3.8, 4) is 5.75 Å². The molecule has 0 saturated carbocycles. The number of hydrogen-bond donors (Lipinski definition) is 1. The van der Waals surface area contributed by atoms with Gasteiger partial charge in [-0.1, -0.05) is 0 Å². The summed E-state index contributed by atoms with van der Waals surface area (Å²) in [5, 5.41) is 3.16. The molecule has 7 heteroatoms. The number of ether oxygens (including phenoxy) is 1. The lowest BCUT2D eigenvalue weighted by molar-refractivity contribution is -0.153. The van der Waals surface area contributed by atoms with Crippen LogP contribution in [0.1, 0.15) is 12.7 Å². The minimum atomic E-state index is -4.33. The fourth-order valence-corrected chi connectivity index (χ4v) is 1.81. The molecule has 114 valence electrons. The lowest BCUT2D eigenvalue weighted by Crippen LogP contribution is -2.19. The van der Waals surface area contributed by atoms with E-state index in [1.54, 1.807) is 18.3 Å². The summed E-state index contributed by atoms with van der Waals surface area (Å²) < 4.78 is 42.7. The first-order chi connectivity index (χ1) is 9.98. The monoisotopic (exact) mass is 299 g/mol. The van der Waals surface area contributed by atoms with Crippen LogP contribution in [-0.4, -0.2) is 22.3 Å². The maximum atomic E-state index is 12.0. The van der Waals surface area contributed by atoms with E-state index in [1.165, 1.54) is 12.1 Å². The summed E-state index contributed by atoms with van der Waals surface area (Å²) in [4.78, 5) is 4.23. The molecule has 0 aliphatic carbocycles. The van der Waals surface area contributed by atoms with Gasteiger partial charge in [-0.3, -0.25) is 0 Å². The number of aromatic nitrogens is 2. The number of alkyl halides is 3. The summed E-state index contributed by atoms with van der Waals surface area (Å²) in [6, 6.07) is 6.34. The molecule has 0 saturated heterocycles. The van der Waals surface area contributed by atoms with Crippen LogP contribution in [0.15, 0.2) is 36.7 Å². The van der Waals surface area contributed by atoms with Gasteiger partial charge in [0.25, 0.3) is 0 Å². The molecule has 1 aromatic heterocycles. The van der Waals surface area contributed by atoms with Crippen LogP contribution >= 0.6 is 0 Å². The first-order valence-corrected chi connectivity index (χ1v) is 6.51. The summed E-state index contributed by atoms with van der Waals surface area (Å²) in [5.41, 5.74) is 0.792. The zero-order valence-electron chi connectivity index (χ0n) is 11.5. The fraction of sp³-hybridized carbons (Fsp3) is 0.357. The van der Waals surface area contributed by atoms with Crippen LogP contribution in [0.25, 0.3) is 0 Å². The Bertz CT molecular complexity index is 564. The second-order valence-electron chi connectivity index (χ2n) is 4.41. The Kier molecular flexibility index (Phi) is 4.72. The molecule has 0 aliphatic heterocycles. The van der Waals surface area contributed by atoms with E-state index in [0.717, 1.165) is 18.1 Å². The molecule has 2 rings (SSSR count). The molecule has 21 heavy (non-hydrogen) atoms. The number of rotatable bonds is 6. The second kappa shape index (κ2) is 6.51. The topological polar surface area (TPSA) is 39.1 Å². The predicted octanol–water partition coefficient (Wildman–Crippen LogP) is 3.46. The van der Waals surface area contributed by atoms with Crippen molar-refractivity contribution in [3.05, 3.63) is 42.5 Å². The van der Waals surface area contributed by atoms with Gasteiger partial charge < -0.3 is 14.6 Å². The molecule has 0 spiro atoms. The lowest BCUT2D eigenvalue weighted by Gasteiger charge is -2.11. The Labute approximate surface area is 120 Å². The van der Waals surface area contributed by atoms with Gasteiger partial charge in [-0.25, -0.2) is 4.98 Å². The van der Waals surface area contributed by atoms with Crippen molar-refractivity contribution >= 4 is 5.69 Å². The smallest absolute Gasteiger partial charge is 0.422 e. The molecule has 0 amide bonds. The van der Waals surface area contributed by atoms with Crippen LogP contribution in [0.5, 0.6) is 5.75 Å². The molecule has 1 N–H and O–H groups in total. The van der Waals surface area contributed by atoms with Crippen molar-refractivity contribution in [2.24, 2.45) is 0 Å². The number of aryl methyl sites for hydroxylation is 1. The number of anilines is 1.